The van der Waals surface area contributed by atoms with Gasteiger partial charge in [0.2, 0.25) is 0 Å². The molecule has 0 N–H and O–H groups in total. The summed E-state index contributed by atoms with van der Waals surface area (Å²) < 4.78 is 0. The van der Waals surface area contributed by atoms with E-state index in [0.29, 0.717) is 0 Å². The zero-order valence-corrected chi connectivity index (χ0v) is 17.0. The fraction of sp³-hybridized carbons (Fsp3) is 0. The second-order valence-electron chi connectivity index (χ2n) is 6.68. The summed E-state index contributed by atoms with van der Waals surface area (Å²) in [6.07, 6.45) is 3.92. The molecule has 140 valence electrons. The van der Waals surface area contributed by atoms with Crippen molar-refractivity contribution in [2.45, 2.75) is 9.79 Å². The lowest BCUT2D eigenvalue weighted by molar-refractivity contribution is 1.37. The van der Waals surface area contributed by atoms with E-state index in [2.05, 4.69) is 98.1 Å². The largest absolute Gasteiger partial charge is 0.0984 e. The third kappa shape index (κ3) is 3.96. The summed E-state index contributed by atoms with van der Waals surface area (Å²) >= 11 is 1.77. The zero-order chi connectivity index (χ0) is 20.1. The van der Waals surface area contributed by atoms with Gasteiger partial charge in [-0.05, 0) is 45.5 Å². The quantitative estimate of drug-likeness (QED) is 0.318. The van der Waals surface area contributed by atoms with E-state index >= 15 is 0 Å². The topological polar surface area (TPSA) is 0 Å². The standard InChI is InChI=1S/C28H22S/c1-3-23-25(21-13-7-5-8-14-21)17-11-19-27(23)29-28-20-12-18-26(24(28)4-2)22-15-9-6-10-16-22/h3-20H,1-2H2. The van der Waals surface area contributed by atoms with Crippen molar-refractivity contribution < 1.29 is 0 Å². The molecule has 0 aromatic heterocycles. The number of hydrogen-bond donors (Lipinski definition) is 0. The van der Waals surface area contributed by atoms with E-state index in [1.54, 1.807) is 11.8 Å². The molecule has 0 atom stereocenters. The maximum atomic E-state index is 4.09. The number of rotatable bonds is 6. The summed E-state index contributed by atoms with van der Waals surface area (Å²) in [6.45, 7) is 8.19. The van der Waals surface area contributed by atoms with Gasteiger partial charge < -0.3 is 0 Å². The van der Waals surface area contributed by atoms with Crippen molar-refractivity contribution in [3.63, 3.8) is 0 Å². The van der Waals surface area contributed by atoms with Crippen LogP contribution >= 0.6 is 11.8 Å². The van der Waals surface area contributed by atoms with Crippen molar-refractivity contribution in [1.29, 1.82) is 0 Å². The van der Waals surface area contributed by atoms with Crippen LogP contribution in [0.3, 0.4) is 0 Å². The number of hydrogen-bond acceptors (Lipinski definition) is 1. The van der Waals surface area contributed by atoms with Crippen molar-refractivity contribution >= 4 is 23.9 Å². The number of benzene rings is 4. The van der Waals surface area contributed by atoms with E-state index < -0.39 is 0 Å². The monoisotopic (exact) mass is 390 g/mol. The summed E-state index contributed by atoms with van der Waals surface area (Å²) in [7, 11) is 0. The van der Waals surface area contributed by atoms with E-state index in [-0.39, 0.29) is 0 Å². The van der Waals surface area contributed by atoms with Gasteiger partial charge >= 0.3 is 0 Å². The van der Waals surface area contributed by atoms with Gasteiger partial charge in [0.1, 0.15) is 0 Å². The summed E-state index contributed by atoms with van der Waals surface area (Å²) in [5.41, 5.74) is 7.11. The van der Waals surface area contributed by atoms with E-state index in [1.807, 2.05) is 24.3 Å². The molecule has 0 amide bonds. The molecule has 0 heterocycles. The van der Waals surface area contributed by atoms with Crippen LogP contribution in [0.1, 0.15) is 11.1 Å². The molecule has 29 heavy (non-hydrogen) atoms. The predicted octanol–water partition coefficient (Wildman–Crippen LogP) is 8.46. The van der Waals surface area contributed by atoms with E-state index in [9.17, 15) is 0 Å². The molecule has 0 radical (unpaired) electrons. The lowest BCUT2D eigenvalue weighted by Gasteiger charge is -2.15. The predicted molar refractivity (Wildman–Crippen MR) is 128 cm³/mol. The van der Waals surface area contributed by atoms with Gasteiger partial charge in [-0.25, -0.2) is 0 Å². The molecule has 0 aliphatic rings. The molecule has 0 spiro atoms. The highest BCUT2D eigenvalue weighted by Gasteiger charge is 2.12. The SMILES string of the molecule is C=Cc1c(Sc2cccc(-c3ccccc3)c2C=C)cccc1-c1ccccc1. The lowest BCUT2D eigenvalue weighted by Crippen LogP contribution is -1.90. The minimum Gasteiger partial charge on any atom is -0.0984 e. The van der Waals surface area contributed by atoms with Crippen LogP contribution in [0.2, 0.25) is 0 Å². The second kappa shape index (κ2) is 8.81. The van der Waals surface area contributed by atoms with E-state index in [4.69, 9.17) is 0 Å². The maximum absolute atomic E-state index is 4.09. The van der Waals surface area contributed by atoms with Crippen LogP contribution in [-0.2, 0) is 0 Å². The molecule has 0 saturated heterocycles. The van der Waals surface area contributed by atoms with Crippen molar-refractivity contribution in [1.82, 2.24) is 0 Å². The summed E-state index contributed by atoms with van der Waals surface area (Å²) in [6, 6.07) is 33.8. The molecule has 0 unspecified atom stereocenters. The molecule has 0 aliphatic carbocycles. The zero-order valence-electron chi connectivity index (χ0n) is 16.2. The van der Waals surface area contributed by atoms with Crippen LogP contribution < -0.4 is 0 Å². The van der Waals surface area contributed by atoms with E-state index in [1.165, 1.54) is 32.0 Å². The van der Waals surface area contributed by atoms with Crippen molar-refractivity contribution in [2.75, 3.05) is 0 Å². The summed E-state index contributed by atoms with van der Waals surface area (Å²) in [5.74, 6) is 0. The lowest BCUT2D eigenvalue weighted by atomic mass is 9.99. The molecule has 0 saturated carbocycles. The van der Waals surface area contributed by atoms with Gasteiger partial charge in [0, 0.05) is 9.79 Å². The van der Waals surface area contributed by atoms with Crippen LogP contribution in [0, 0.1) is 0 Å². The van der Waals surface area contributed by atoms with Crippen molar-refractivity contribution in [3.05, 3.63) is 121 Å². The van der Waals surface area contributed by atoms with Gasteiger partial charge in [-0.15, -0.1) is 0 Å². The van der Waals surface area contributed by atoms with Gasteiger partial charge in [0.25, 0.3) is 0 Å². The van der Waals surface area contributed by atoms with Crippen LogP contribution in [0.4, 0.5) is 0 Å². The minimum absolute atomic E-state index is 1.16. The molecule has 0 aliphatic heterocycles. The normalized spacial score (nSPS) is 10.5. The van der Waals surface area contributed by atoms with Crippen molar-refractivity contribution in [2.24, 2.45) is 0 Å². The molecule has 1 heteroatoms. The molecule has 4 aromatic carbocycles. The average Bonchev–Trinajstić information content (AvgIpc) is 2.80. The Hall–Kier alpha value is -3.29. The summed E-state index contributed by atoms with van der Waals surface area (Å²) in [4.78, 5) is 2.38. The van der Waals surface area contributed by atoms with Crippen LogP contribution in [0.5, 0.6) is 0 Å². The molecular formula is C28H22S. The molecule has 0 nitrogen and oxygen atoms in total. The first-order valence-corrected chi connectivity index (χ1v) is 10.4. The molecular weight excluding hydrogens is 368 g/mol. The van der Waals surface area contributed by atoms with Crippen LogP contribution in [-0.4, -0.2) is 0 Å². The maximum Gasteiger partial charge on any atom is 0.0201 e. The highest BCUT2D eigenvalue weighted by molar-refractivity contribution is 7.99. The minimum atomic E-state index is 1.16. The Morgan fingerprint density at radius 2 is 0.897 bits per heavy atom. The Morgan fingerprint density at radius 1 is 0.483 bits per heavy atom. The van der Waals surface area contributed by atoms with Crippen molar-refractivity contribution in [3.8, 4) is 22.3 Å². The molecule has 0 bridgehead atoms. The highest BCUT2D eigenvalue weighted by Crippen LogP contribution is 2.40. The summed E-state index contributed by atoms with van der Waals surface area (Å²) in [5, 5.41) is 0. The first-order valence-electron chi connectivity index (χ1n) is 9.61. The fourth-order valence-electron chi connectivity index (χ4n) is 3.54. The van der Waals surface area contributed by atoms with Gasteiger partial charge in [0.05, 0.1) is 0 Å². The Labute approximate surface area is 177 Å². The Morgan fingerprint density at radius 3 is 1.28 bits per heavy atom. The third-order valence-corrected chi connectivity index (χ3v) is 6.08. The first-order chi connectivity index (χ1) is 14.3. The van der Waals surface area contributed by atoms with Crippen LogP contribution in [0.15, 0.2) is 120 Å². The highest BCUT2D eigenvalue weighted by atomic mass is 32.2. The first kappa shape index (κ1) is 19.0. The molecule has 4 rings (SSSR count). The fourth-order valence-corrected chi connectivity index (χ4v) is 4.68. The third-order valence-electron chi connectivity index (χ3n) is 4.93. The van der Waals surface area contributed by atoms with Gasteiger partial charge in [0.15, 0.2) is 0 Å². The second-order valence-corrected chi connectivity index (χ2v) is 7.76. The average molecular weight is 391 g/mol. The molecule has 4 aromatic rings. The van der Waals surface area contributed by atoms with Gasteiger partial charge in [-0.2, -0.15) is 0 Å². The Bertz CT molecular complexity index is 1050. The van der Waals surface area contributed by atoms with Gasteiger partial charge in [-0.1, -0.05) is 122 Å². The van der Waals surface area contributed by atoms with Crippen LogP contribution in [0.25, 0.3) is 34.4 Å². The Balaban J connectivity index is 1.79. The smallest absolute Gasteiger partial charge is 0.0201 e. The van der Waals surface area contributed by atoms with E-state index in [0.717, 1.165) is 11.1 Å². The van der Waals surface area contributed by atoms with Gasteiger partial charge in [-0.3, -0.25) is 0 Å². The Kier molecular flexibility index (Phi) is 5.79. The molecule has 0 fully saturated rings.